The molecule has 30 heavy (non-hydrogen) atoms. The van der Waals surface area contributed by atoms with Crippen molar-refractivity contribution in [3.8, 4) is 5.75 Å². The molecule has 0 radical (unpaired) electrons. The van der Waals surface area contributed by atoms with Crippen LogP contribution in [0.2, 0.25) is 0 Å². The second kappa shape index (κ2) is 8.34. The van der Waals surface area contributed by atoms with E-state index in [0.29, 0.717) is 4.68 Å². The van der Waals surface area contributed by atoms with Crippen LogP contribution in [0.5, 0.6) is 5.75 Å². The molecule has 11 heteroatoms. The van der Waals surface area contributed by atoms with Crippen molar-refractivity contribution in [3.05, 3.63) is 17.1 Å². The van der Waals surface area contributed by atoms with Crippen LogP contribution in [-0.2, 0) is 9.47 Å². The van der Waals surface area contributed by atoms with E-state index in [-0.39, 0.29) is 34.8 Å². The molecule has 0 fully saturated rings. The number of nitrogens with one attached hydrogen (secondary N) is 2. The van der Waals surface area contributed by atoms with E-state index < -0.39 is 29.2 Å². The number of benzene rings is 1. The van der Waals surface area contributed by atoms with Crippen molar-refractivity contribution < 1.29 is 28.2 Å². The zero-order valence-corrected chi connectivity index (χ0v) is 18.0. The van der Waals surface area contributed by atoms with Crippen LogP contribution in [0.15, 0.2) is 6.07 Å². The van der Waals surface area contributed by atoms with Gasteiger partial charge in [-0.3, -0.25) is 5.32 Å². The molecule has 1 amide bonds. The van der Waals surface area contributed by atoms with E-state index in [0.717, 1.165) is 0 Å². The standard InChI is InChI=1S/C19H26FN4O6/c1-8-28-14-11(23-27)9-10-13(12(14)20)24(17(26)30-19(5,6)7)22-15(10)21-16(25)29-18(2,3)4/h9,23H,8H2,1-7H3,(H,21,22,25)/q-1. The number of ether oxygens (including phenoxy) is 3. The van der Waals surface area contributed by atoms with Crippen LogP contribution < -0.4 is 15.5 Å². The molecule has 166 valence electrons. The average Bonchev–Trinajstić information content (AvgIpc) is 2.92. The Bertz CT molecular complexity index is 959. The molecule has 0 aliphatic rings. The first-order valence-corrected chi connectivity index (χ1v) is 9.27. The van der Waals surface area contributed by atoms with Crippen LogP contribution in [0.1, 0.15) is 48.5 Å². The summed E-state index contributed by atoms with van der Waals surface area (Å²) in [6, 6.07) is 1.22. The predicted molar refractivity (Wildman–Crippen MR) is 109 cm³/mol. The summed E-state index contributed by atoms with van der Waals surface area (Å²) in [4.78, 5) is 24.8. The SMILES string of the molecule is CCOc1c(N[O-])cc2c(NC(=O)OC(C)(C)C)nn(C(=O)OC(C)(C)C)c2c1F. The number of hydrogen-bond acceptors (Lipinski definition) is 8. The minimum atomic E-state index is -1.01. The molecule has 2 N–H and O–H groups in total. The summed E-state index contributed by atoms with van der Waals surface area (Å²) in [6.07, 6.45) is -1.85. The van der Waals surface area contributed by atoms with Crippen molar-refractivity contribution in [2.45, 2.75) is 59.7 Å². The Labute approximate surface area is 173 Å². The third-order valence-electron chi connectivity index (χ3n) is 3.45. The number of halogens is 1. The predicted octanol–water partition coefficient (Wildman–Crippen LogP) is 4.61. The van der Waals surface area contributed by atoms with Crippen LogP contribution >= 0.6 is 0 Å². The van der Waals surface area contributed by atoms with Gasteiger partial charge in [0.1, 0.15) is 16.7 Å². The Hall–Kier alpha value is -3.08. The molecular weight excluding hydrogens is 399 g/mol. The Morgan fingerprint density at radius 2 is 1.77 bits per heavy atom. The third kappa shape index (κ3) is 5.29. The maximum Gasteiger partial charge on any atom is 0.435 e. The number of aromatic nitrogens is 2. The molecule has 0 bridgehead atoms. The van der Waals surface area contributed by atoms with Gasteiger partial charge in [-0.25, -0.2) is 14.0 Å². The van der Waals surface area contributed by atoms with Gasteiger partial charge in [0.25, 0.3) is 0 Å². The molecule has 1 heterocycles. The largest absolute Gasteiger partial charge is 0.761 e. The van der Waals surface area contributed by atoms with Gasteiger partial charge in [-0.15, -0.1) is 5.10 Å². The first-order valence-electron chi connectivity index (χ1n) is 9.27. The molecule has 1 aromatic carbocycles. The van der Waals surface area contributed by atoms with Crippen LogP contribution in [-0.4, -0.2) is 39.8 Å². The number of rotatable bonds is 4. The van der Waals surface area contributed by atoms with Gasteiger partial charge < -0.3 is 24.9 Å². The van der Waals surface area contributed by atoms with E-state index in [9.17, 15) is 14.8 Å². The maximum absolute atomic E-state index is 15.3. The molecule has 0 aliphatic carbocycles. The Kier molecular flexibility index (Phi) is 6.45. The lowest BCUT2D eigenvalue weighted by atomic mass is 10.2. The number of nitrogens with zero attached hydrogens (tertiary/aromatic N) is 2. The normalized spacial score (nSPS) is 11.9. The van der Waals surface area contributed by atoms with E-state index in [1.165, 1.54) is 6.07 Å². The minimum absolute atomic E-state index is 0.0222. The van der Waals surface area contributed by atoms with E-state index in [1.807, 2.05) is 0 Å². The first kappa shape index (κ1) is 23.2. The summed E-state index contributed by atoms with van der Waals surface area (Å²) in [5, 5.41) is 17.7. The van der Waals surface area contributed by atoms with Gasteiger partial charge in [0.05, 0.1) is 17.7 Å². The number of hydrogen-bond donors (Lipinski definition) is 2. The Balaban J connectivity index is 2.68. The highest BCUT2D eigenvalue weighted by Crippen LogP contribution is 2.38. The molecular formula is C19H26FN4O6-. The molecule has 0 saturated heterocycles. The summed E-state index contributed by atoms with van der Waals surface area (Å²) in [5.41, 5.74) is -0.637. The van der Waals surface area contributed by atoms with Crippen LogP contribution in [0.25, 0.3) is 10.9 Å². The van der Waals surface area contributed by atoms with E-state index in [4.69, 9.17) is 14.2 Å². The molecule has 0 unspecified atom stereocenters. The van der Waals surface area contributed by atoms with E-state index >= 15 is 4.39 Å². The zero-order chi connectivity index (χ0) is 22.9. The first-order chi connectivity index (χ1) is 13.8. The lowest BCUT2D eigenvalue weighted by molar-refractivity contribution is 0.0519. The van der Waals surface area contributed by atoms with Gasteiger partial charge in [0.2, 0.25) is 0 Å². The monoisotopic (exact) mass is 425 g/mol. The summed E-state index contributed by atoms with van der Waals surface area (Å²) in [5.74, 6) is -1.58. The molecule has 0 saturated carbocycles. The Morgan fingerprint density at radius 1 is 1.17 bits per heavy atom. The fourth-order valence-electron chi connectivity index (χ4n) is 2.50. The summed E-state index contributed by atoms with van der Waals surface area (Å²) in [6.45, 7) is 11.6. The molecule has 0 atom stereocenters. The van der Waals surface area contributed by atoms with Crippen molar-refractivity contribution in [3.63, 3.8) is 0 Å². The Morgan fingerprint density at radius 3 is 2.27 bits per heavy atom. The highest BCUT2D eigenvalue weighted by Gasteiger charge is 2.28. The average molecular weight is 425 g/mol. The second-order valence-corrected chi connectivity index (χ2v) is 8.37. The fourth-order valence-corrected chi connectivity index (χ4v) is 2.50. The maximum atomic E-state index is 15.3. The molecule has 10 nitrogen and oxygen atoms in total. The van der Waals surface area contributed by atoms with E-state index in [1.54, 1.807) is 53.9 Å². The summed E-state index contributed by atoms with van der Waals surface area (Å²) in [7, 11) is 0. The van der Waals surface area contributed by atoms with E-state index in [2.05, 4.69) is 10.4 Å². The molecule has 2 aromatic rings. The summed E-state index contributed by atoms with van der Waals surface area (Å²) < 4.78 is 31.6. The van der Waals surface area contributed by atoms with Gasteiger partial charge in [0.15, 0.2) is 17.4 Å². The van der Waals surface area contributed by atoms with Crippen LogP contribution in [0.4, 0.5) is 25.5 Å². The number of fused-ring (bicyclic) bond motifs is 1. The van der Waals surface area contributed by atoms with Crippen molar-refractivity contribution in [1.82, 2.24) is 9.78 Å². The topological polar surface area (TPSA) is 127 Å². The van der Waals surface area contributed by atoms with Gasteiger partial charge in [0, 0.05) is 0 Å². The molecule has 0 aliphatic heterocycles. The lowest BCUT2D eigenvalue weighted by Crippen LogP contribution is -2.29. The van der Waals surface area contributed by atoms with Gasteiger partial charge in [-0.05, 0) is 54.5 Å². The molecule has 1 aromatic heterocycles. The highest BCUT2D eigenvalue weighted by atomic mass is 19.1. The smallest absolute Gasteiger partial charge is 0.435 e. The second-order valence-electron chi connectivity index (χ2n) is 8.37. The van der Waals surface area contributed by atoms with Gasteiger partial charge >= 0.3 is 12.2 Å². The molecule has 0 spiro atoms. The number of carbonyl (C=O) groups is 2. The van der Waals surface area contributed by atoms with Crippen molar-refractivity contribution in [1.29, 1.82) is 0 Å². The van der Waals surface area contributed by atoms with Crippen molar-refractivity contribution in [2.75, 3.05) is 17.4 Å². The number of anilines is 2. The zero-order valence-electron chi connectivity index (χ0n) is 18.0. The van der Waals surface area contributed by atoms with Crippen molar-refractivity contribution >= 4 is 34.6 Å². The third-order valence-corrected chi connectivity index (χ3v) is 3.45. The summed E-state index contributed by atoms with van der Waals surface area (Å²) >= 11 is 0. The molecule has 2 rings (SSSR count). The number of carbonyl (C=O) groups excluding carboxylic acids is 2. The van der Waals surface area contributed by atoms with Crippen LogP contribution in [0.3, 0.4) is 0 Å². The quantitative estimate of drug-likeness (QED) is 0.680. The lowest BCUT2D eigenvalue weighted by Gasteiger charge is -2.20. The van der Waals surface area contributed by atoms with Crippen molar-refractivity contribution in [2.24, 2.45) is 0 Å². The number of amides is 1. The fraction of sp³-hybridized carbons (Fsp3) is 0.526. The van der Waals surface area contributed by atoms with Crippen LogP contribution in [0, 0.1) is 11.0 Å². The van der Waals surface area contributed by atoms with Gasteiger partial charge in [-0.2, -0.15) is 4.68 Å². The van der Waals surface area contributed by atoms with Gasteiger partial charge in [-0.1, -0.05) is 0 Å². The highest BCUT2D eigenvalue weighted by molar-refractivity contribution is 6.03. The minimum Gasteiger partial charge on any atom is -0.761 e.